The molecule has 170 valence electrons. The van der Waals surface area contributed by atoms with Gasteiger partial charge in [-0.25, -0.2) is 4.98 Å². The third kappa shape index (κ3) is 4.64. The predicted octanol–water partition coefficient (Wildman–Crippen LogP) is 3.84. The van der Waals surface area contributed by atoms with Crippen LogP contribution in [0.1, 0.15) is 48.5 Å². The fourth-order valence-corrected chi connectivity index (χ4v) is 5.68. The Morgan fingerprint density at radius 3 is 2.53 bits per heavy atom. The third-order valence-corrected chi connectivity index (χ3v) is 7.58. The number of rotatable bonds is 8. The number of thiophene rings is 1. The lowest BCUT2D eigenvalue weighted by molar-refractivity contribution is -0.131. The van der Waals surface area contributed by atoms with Crippen LogP contribution in [0.4, 0.5) is 0 Å². The van der Waals surface area contributed by atoms with E-state index < -0.39 is 0 Å². The van der Waals surface area contributed by atoms with Crippen molar-refractivity contribution in [1.29, 1.82) is 0 Å². The molecule has 1 aliphatic carbocycles. The van der Waals surface area contributed by atoms with Crippen LogP contribution in [0.25, 0.3) is 10.2 Å². The van der Waals surface area contributed by atoms with Gasteiger partial charge in [0, 0.05) is 18.5 Å². The van der Waals surface area contributed by atoms with Crippen LogP contribution in [0.3, 0.4) is 0 Å². The molecule has 0 spiro atoms. The molecule has 1 amide bonds. The molecule has 0 bridgehead atoms. The second kappa shape index (κ2) is 9.96. The molecule has 0 saturated heterocycles. The van der Waals surface area contributed by atoms with Crippen LogP contribution < -0.4 is 5.56 Å². The summed E-state index contributed by atoms with van der Waals surface area (Å²) in [6.07, 6.45) is 4.24. The van der Waals surface area contributed by atoms with Crippen molar-refractivity contribution in [3.8, 4) is 0 Å². The average molecular weight is 453 g/mol. The fraction of sp³-hybridized carbons (Fsp3) is 0.480. The van der Waals surface area contributed by atoms with E-state index in [0.29, 0.717) is 18.9 Å². The van der Waals surface area contributed by atoms with Gasteiger partial charge in [0.15, 0.2) is 0 Å². The van der Waals surface area contributed by atoms with E-state index in [-0.39, 0.29) is 18.0 Å². The molecule has 0 aliphatic heterocycles. The van der Waals surface area contributed by atoms with E-state index >= 15 is 0 Å². The number of likely N-dealkylation sites (N-methyl/N-ethyl adjacent to an activating group) is 1. The number of aromatic nitrogens is 2. The van der Waals surface area contributed by atoms with Crippen molar-refractivity contribution in [2.75, 3.05) is 20.1 Å². The summed E-state index contributed by atoms with van der Waals surface area (Å²) in [5, 5.41) is 0.742. The number of hydrogen-bond donors (Lipinski definition) is 0. The summed E-state index contributed by atoms with van der Waals surface area (Å²) in [4.78, 5) is 37.8. The average Bonchev–Trinajstić information content (AvgIpc) is 3.18. The van der Waals surface area contributed by atoms with Crippen LogP contribution >= 0.6 is 11.3 Å². The lowest BCUT2D eigenvalue weighted by atomic mass is 9.97. The smallest absolute Gasteiger partial charge is 0.263 e. The molecule has 0 N–H and O–H groups in total. The SMILES string of the molecule is CCN(CC)Cc1nc2sc3c(c2c(=O)n1CC(=O)N(C)Cc1ccccc1)CCCC3. The van der Waals surface area contributed by atoms with Crippen molar-refractivity contribution in [2.45, 2.75) is 59.2 Å². The standard InChI is InChI=1S/C25H32N4O2S/c1-4-28(5-2)16-21-26-24-23(19-13-9-10-14-20(19)32-24)25(31)29(21)17-22(30)27(3)15-18-11-7-6-8-12-18/h6-8,11-12H,4-5,9-10,13-17H2,1-3H3. The lowest BCUT2D eigenvalue weighted by Crippen LogP contribution is -2.37. The predicted molar refractivity (Wildman–Crippen MR) is 130 cm³/mol. The van der Waals surface area contributed by atoms with Crippen LogP contribution in [0.2, 0.25) is 0 Å². The number of carbonyl (C=O) groups is 1. The quantitative estimate of drug-likeness (QED) is 0.521. The van der Waals surface area contributed by atoms with Crippen LogP contribution in [-0.4, -0.2) is 45.4 Å². The Hall–Kier alpha value is -2.51. The first-order chi connectivity index (χ1) is 15.5. The van der Waals surface area contributed by atoms with Gasteiger partial charge in [-0.15, -0.1) is 11.3 Å². The molecule has 0 radical (unpaired) electrons. The van der Waals surface area contributed by atoms with Gasteiger partial charge in [0.25, 0.3) is 5.56 Å². The lowest BCUT2D eigenvalue weighted by Gasteiger charge is -2.22. The summed E-state index contributed by atoms with van der Waals surface area (Å²) in [6, 6.07) is 9.92. The van der Waals surface area contributed by atoms with Crippen molar-refractivity contribution < 1.29 is 4.79 Å². The molecule has 0 saturated carbocycles. The second-order valence-corrected chi connectivity index (χ2v) is 9.59. The Kier molecular flexibility index (Phi) is 7.06. The summed E-state index contributed by atoms with van der Waals surface area (Å²) in [5.41, 5.74) is 2.18. The first-order valence-corrected chi connectivity index (χ1v) is 12.4. The Bertz CT molecular complexity index is 1150. The first kappa shape index (κ1) is 22.7. The highest BCUT2D eigenvalue weighted by molar-refractivity contribution is 7.18. The first-order valence-electron chi connectivity index (χ1n) is 11.6. The third-order valence-electron chi connectivity index (χ3n) is 6.40. The van der Waals surface area contributed by atoms with E-state index in [1.54, 1.807) is 27.9 Å². The number of carbonyl (C=O) groups excluding carboxylic acids is 1. The summed E-state index contributed by atoms with van der Waals surface area (Å²) in [5.74, 6) is 0.605. The molecule has 4 rings (SSSR count). The highest BCUT2D eigenvalue weighted by Crippen LogP contribution is 2.33. The van der Waals surface area contributed by atoms with Gasteiger partial charge in [-0.2, -0.15) is 0 Å². The van der Waals surface area contributed by atoms with E-state index in [9.17, 15) is 9.59 Å². The maximum Gasteiger partial charge on any atom is 0.263 e. The Balaban J connectivity index is 1.71. The normalized spacial score (nSPS) is 13.5. The number of nitrogens with zero attached hydrogens (tertiary/aromatic N) is 4. The Labute approximate surface area is 193 Å². The van der Waals surface area contributed by atoms with Gasteiger partial charge in [-0.1, -0.05) is 44.2 Å². The molecule has 1 aliphatic rings. The summed E-state index contributed by atoms with van der Waals surface area (Å²) in [7, 11) is 1.79. The van der Waals surface area contributed by atoms with Crippen molar-refractivity contribution in [2.24, 2.45) is 0 Å². The molecule has 0 atom stereocenters. The Morgan fingerprint density at radius 2 is 1.81 bits per heavy atom. The highest BCUT2D eigenvalue weighted by Gasteiger charge is 2.24. The molecule has 32 heavy (non-hydrogen) atoms. The molecule has 3 aromatic rings. The van der Waals surface area contributed by atoms with Gasteiger partial charge in [-0.05, 0) is 49.9 Å². The van der Waals surface area contributed by atoms with E-state index in [2.05, 4.69) is 18.7 Å². The number of benzene rings is 1. The maximum atomic E-state index is 13.7. The summed E-state index contributed by atoms with van der Waals surface area (Å²) < 4.78 is 1.63. The topological polar surface area (TPSA) is 58.4 Å². The van der Waals surface area contributed by atoms with Crippen molar-refractivity contribution >= 4 is 27.5 Å². The van der Waals surface area contributed by atoms with Gasteiger partial charge >= 0.3 is 0 Å². The minimum atomic E-state index is -0.0815. The molecule has 1 aromatic carbocycles. The maximum absolute atomic E-state index is 13.7. The zero-order chi connectivity index (χ0) is 22.7. The van der Waals surface area contributed by atoms with E-state index in [1.165, 1.54) is 16.9 Å². The van der Waals surface area contributed by atoms with Crippen LogP contribution in [0.15, 0.2) is 35.1 Å². The van der Waals surface area contributed by atoms with Crippen molar-refractivity contribution in [1.82, 2.24) is 19.4 Å². The molecule has 0 fully saturated rings. The van der Waals surface area contributed by atoms with Gasteiger partial charge in [-0.3, -0.25) is 19.1 Å². The number of fused-ring (bicyclic) bond motifs is 3. The van der Waals surface area contributed by atoms with Crippen LogP contribution in [0.5, 0.6) is 0 Å². The molecule has 0 unspecified atom stereocenters. The van der Waals surface area contributed by atoms with Gasteiger partial charge in [0.05, 0.1) is 11.9 Å². The minimum absolute atomic E-state index is 0.0202. The van der Waals surface area contributed by atoms with E-state index in [0.717, 1.165) is 48.1 Å². The minimum Gasteiger partial charge on any atom is -0.340 e. The van der Waals surface area contributed by atoms with Gasteiger partial charge in [0.2, 0.25) is 5.91 Å². The molecular weight excluding hydrogens is 420 g/mol. The summed E-state index contributed by atoms with van der Waals surface area (Å²) >= 11 is 1.67. The molecule has 7 heteroatoms. The van der Waals surface area contributed by atoms with Gasteiger partial charge < -0.3 is 4.90 Å². The van der Waals surface area contributed by atoms with E-state index in [4.69, 9.17) is 4.98 Å². The number of amides is 1. The molecule has 6 nitrogen and oxygen atoms in total. The monoisotopic (exact) mass is 452 g/mol. The summed E-state index contributed by atoms with van der Waals surface area (Å²) in [6.45, 7) is 7.05. The van der Waals surface area contributed by atoms with Crippen molar-refractivity contribution in [3.05, 3.63) is 62.5 Å². The zero-order valence-electron chi connectivity index (χ0n) is 19.3. The fourth-order valence-electron chi connectivity index (χ4n) is 4.41. The molecule has 2 heterocycles. The highest BCUT2D eigenvalue weighted by atomic mass is 32.1. The number of hydrogen-bond acceptors (Lipinski definition) is 5. The van der Waals surface area contributed by atoms with Crippen LogP contribution in [-0.2, 0) is 37.3 Å². The second-order valence-electron chi connectivity index (χ2n) is 8.51. The van der Waals surface area contributed by atoms with E-state index in [1.807, 2.05) is 30.3 Å². The van der Waals surface area contributed by atoms with Crippen LogP contribution in [0, 0.1) is 0 Å². The zero-order valence-corrected chi connectivity index (χ0v) is 20.1. The number of aryl methyl sites for hydroxylation is 2. The van der Waals surface area contributed by atoms with Crippen molar-refractivity contribution in [3.63, 3.8) is 0 Å². The van der Waals surface area contributed by atoms with Gasteiger partial charge in [0.1, 0.15) is 17.2 Å². The largest absolute Gasteiger partial charge is 0.340 e. The molecule has 2 aromatic heterocycles. The Morgan fingerprint density at radius 1 is 1.09 bits per heavy atom. The molecular formula is C25H32N4O2S.